The molecule has 2 aromatic rings. The number of fused-ring (bicyclic) bond motifs is 1. The van der Waals surface area contributed by atoms with E-state index >= 15 is 0 Å². The van der Waals surface area contributed by atoms with Crippen LogP contribution in [0.2, 0.25) is 0 Å². The van der Waals surface area contributed by atoms with Crippen LogP contribution in [0.1, 0.15) is 0 Å². The van der Waals surface area contributed by atoms with E-state index in [9.17, 15) is 8.76 Å². The summed E-state index contributed by atoms with van der Waals surface area (Å²) in [4.78, 5) is 0.352. The number of aromatic nitrogens is 1. The Morgan fingerprint density at radius 1 is 1.36 bits per heavy atom. The number of hydrogen-bond acceptors (Lipinski definition) is 2. The topological polar surface area (TPSA) is 45.1 Å². The normalized spacial score (nSPS) is 12.4. The Morgan fingerprint density at radius 2 is 2.07 bits per heavy atom. The van der Waals surface area contributed by atoms with Gasteiger partial charge in [0.05, 0.1) is 5.52 Å². The Kier molecular flexibility index (Phi) is 3.92. The van der Waals surface area contributed by atoms with E-state index in [-0.39, 0.29) is 29.6 Å². The molecule has 1 atom stereocenters. The van der Waals surface area contributed by atoms with Crippen LogP contribution in [0.4, 0.5) is 0 Å². The first-order chi connectivity index (χ1) is 6.20. The predicted octanol–water partition coefficient (Wildman–Crippen LogP) is -1.58. The average molecular weight is 217 g/mol. The van der Waals surface area contributed by atoms with Crippen LogP contribution >= 0.6 is 0 Å². The van der Waals surface area contributed by atoms with Gasteiger partial charge < -0.3 is 9.12 Å². The van der Waals surface area contributed by atoms with Crippen LogP contribution in [0.5, 0.6) is 0 Å². The largest absolute Gasteiger partial charge is 1.00 e. The summed E-state index contributed by atoms with van der Waals surface area (Å²) in [7, 11) is 1.83. The fourth-order valence-corrected chi connectivity index (χ4v) is 2.06. The van der Waals surface area contributed by atoms with E-state index < -0.39 is 11.1 Å². The van der Waals surface area contributed by atoms with Gasteiger partial charge in [0.15, 0.2) is 0 Å². The van der Waals surface area contributed by atoms with Gasteiger partial charge in [0.25, 0.3) is 0 Å². The van der Waals surface area contributed by atoms with E-state index in [0.29, 0.717) is 4.90 Å². The molecule has 1 aromatic carbocycles. The molecule has 1 unspecified atom stereocenters. The van der Waals surface area contributed by atoms with Gasteiger partial charge in [-0.25, -0.2) is 0 Å². The van der Waals surface area contributed by atoms with E-state index in [2.05, 4.69) is 0 Å². The van der Waals surface area contributed by atoms with Crippen LogP contribution in [0.15, 0.2) is 35.4 Å². The quantitative estimate of drug-likeness (QED) is 0.427. The fourth-order valence-electron chi connectivity index (χ4n) is 1.45. The Labute approximate surface area is 107 Å². The third-order valence-electron chi connectivity index (χ3n) is 2.04. The molecule has 0 N–H and O–H groups in total. The first-order valence-electron chi connectivity index (χ1n) is 3.83. The molecule has 3 nitrogen and oxygen atoms in total. The standard InChI is InChI=1S/C9H9NO2S.Na/c1-10-6-5-7-3-2-4-8(9(7)10)13(11)12;/h2-6H,1H3,(H,11,12);/q;+1/p-1. The molecule has 68 valence electrons. The number of hydrogen-bond donors (Lipinski definition) is 0. The van der Waals surface area contributed by atoms with Crippen LogP contribution < -0.4 is 29.6 Å². The molecule has 0 bridgehead atoms. The van der Waals surface area contributed by atoms with Crippen LogP contribution in [-0.2, 0) is 18.1 Å². The Hall–Kier alpha value is -0.130. The molecule has 14 heavy (non-hydrogen) atoms. The van der Waals surface area contributed by atoms with Crippen LogP contribution in [0, 0.1) is 0 Å². The zero-order chi connectivity index (χ0) is 9.42. The van der Waals surface area contributed by atoms with E-state index in [0.717, 1.165) is 10.9 Å². The fraction of sp³-hybridized carbons (Fsp3) is 0.111. The summed E-state index contributed by atoms with van der Waals surface area (Å²) in [6.07, 6.45) is 1.85. The number of para-hydroxylation sites is 1. The van der Waals surface area contributed by atoms with Crippen molar-refractivity contribution in [2.75, 3.05) is 0 Å². The Bertz CT molecular complexity index is 481. The summed E-state index contributed by atoms with van der Waals surface area (Å²) in [6.45, 7) is 0. The van der Waals surface area contributed by atoms with E-state index in [1.54, 1.807) is 16.7 Å². The van der Waals surface area contributed by atoms with Crippen molar-refractivity contribution in [2.45, 2.75) is 4.90 Å². The predicted molar refractivity (Wildman–Crippen MR) is 50.1 cm³/mol. The molecule has 5 heteroatoms. The van der Waals surface area contributed by atoms with Gasteiger partial charge in [0.2, 0.25) is 0 Å². The van der Waals surface area contributed by atoms with Crippen molar-refractivity contribution in [3.8, 4) is 0 Å². The van der Waals surface area contributed by atoms with Gasteiger partial charge in [0.1, 0.15) is 0 Å². The molecular weight excluding hydrogens is 209 g/mol. The van der Waals surface area contributed by atoms with Crippen molar-refractivity contribution in [3.05, 3.63) is 30.5 Å². The number of benzene rings is 1. The molecule has 1 aromatic heterocycles. The molecule has 1 heterocycles. The van der Waals surface area contributed by atoms with Crippen LogP contribution in [0.25, 0.3) is 10.9 Å². The van der Waals surface area contributed by atoms with Crippen LogP contribution in [-0.4, -0.2) is 13.3 Å². The average Bonchev–Trinajstić information content (AvgIpc) is 2.48. The van der Waals surface area contributed by atoms with Gasteiger partial charge in [-0.05, 0) is 23.2 Å². The summed E-state index contributed by atoms with van der Waals surface area (Å²) in [5, 5.41) is 0.948. The zero-order valence-electron chi connectivity index (χ0n) is 8.06. The Morgan fingerprint density at radius 3 is 2.71 bits per heavy atom. The van der Waals surface area contributed by atoms with Crippen molar-refractivity contribution >= 4 is 22.0 Å². The maximum Gasteiger partial charge on any atom is 1.00 e. The van der Waals surface area contributed by atoms with E-state index in [1.807, 2.05) is 25.4 Å². The van der Waals surface area contributed by atoms with Gasteiger partial charge in [-0.2, -0.15) is 0 Å². The first-order valence-corrected chi connectivity index (χ1v) is 4.91. The first kappa shape index (κ1) is 11.9. The van der Waals surface area contributed by atoms with Crippen LogP contribution in [0.3, 0.4) is 0 Å². The number of rotatable bonds is 1. The SMILES string of the molecule is Cn1ccc2cccc(S(=O)[O-])c21.[Na+]. The molecule has 0 aliphatic carbocycles. The van der Waals surface area contributed by atoms with Gasteiger partial charge >= 0.3 is 29.6 Å². The second kappa shape index (κ2) is 4.59. The van der Waals surface area contributed by atoms with Gasteiger partial charge in [-0.15, -0.1) is 0 Å². The third-order valence-corrected chi connectivity index (χ3v) is 2.73. The molecule has 0 aliphatic rings. The Balaban J connectivity index is 0.000000980. The minimum atomic E-state index is -2.16. The molecule has 0 radical (unpaired) electrons. The van der Waals surface area contributed by atoms with Crippen molar-refractivity contribution in [1.82, 2.24) is 4.57 Å². The minimum absolute atomic E-state index is 0. The van der Waals surface area contributed by atoms with Crippen molar-refractivity contribution in [2.24, 2.45) is 7.05 Å². The van der Waals surface area contributed by atoms with Gasteiger partial charge in [0, 0.05) is 23.5 Å². The van der Waals surface area contributed by atoms with E-state index in [4.69, 9.17) is 0 Å². The summed E-state index contributed by atoms with van der Waals surface area (Å²) in [5.74, 6) is 0. The molecule has 0 saturated heterocycles. The maximum atomic E-state index is 10.9. The summed E-state index contributed by atoms with van der Waals surface area (Å²) in [5.41, 5.74) is 0.760. The maximum absolute atomic E-state index is 10.9. The van der Waals surface area contributed by atoms with Gasteiger partial charge in [-0.3, -0.25) is 4.21 Å². The smallest absolute Gasteiger partial charge is 0.768 e. The second-order valence-electron chi connectivity index (χ2n) is 2.86. The number of aryl methyl sites for hydroxylation is 1. The summed E-state index contributed by atoms with van der Waals surface area (Å²) in [6, 6.07) is 7.14. The second-order valence-corrected chi connectivity index (χ2v) is 3.76. The molecule has 0 aliphatic heterocycles. The minimum Gasteiger partial charge on any atom is -0.768 e. The zero-order valence-corrected chi connectivity index (χ0v) is 10.9. The van der Waals surface area contributed by atoms with Gasteiger partial charge in [-0.1, -0.05) is 12.1 Å². The summed E-state index contributed by atoms with van der Waals surface area (Å²) >= 11 is -2.16. The molecule has 0 fully saturated rings. The molecule has 0 spiro atoms. The molecule has 2 rings (SSSR count). The summed E-state index contributed by atoms with van der Waals surface area (Å²) < 4.78 is 23.5. The number of nitrogens with zero attached hydrogens (tertiary/aromatic N) is 1. The molecular formula is C9H8NNaO2S. The molecule has 0 amide bonds. The monoisotopic (exact) mass is 217 g/mol. The van der Waals surface area contributed by atoms with Crippen molar-refractivity contribution < 1.29 is 38.3 Å². The molecule has 0 saturated carbocycles. The van der Waals surface area contributed by atoms with Crippen molar-refractivity contribution in [1.29, 1.82) is 0 Å². The third kappa shape index (κ3) is 1.94. The van der Waals surface area contributed by atoms with Crippen molar-refractivity contribution in [3.63, 3.8) is 0 Å². The van der Waals surface area contributed by atoms with E-state index in [1.165, 1.54) is 0 Å².